The maximum absolute atomic E-state index is 9.55. The van der Waals surface area contributed by atoms with E-state index in [1.54, 1.807) is 0 Å². The topological polar surface area (TPSA) is 27.0 Å². The molecule has 88 valence electrons. The maximum Gasteiger partial charge on any atom is 0.0694 e. The van der Waals surface area contributed by atoms with Gasteiger partial charge in [-0.3, -0.25) is 0 Å². The van der Waals surface area contributed by atoms with Gasteiger partial charge in [-0.1, -0.05) is 30.3 Å². The largest absolute Gasteiger partial charge is 0.303 e. The van der Waals surface area contributed by atoms with Crippen molar-refractivity contribution in [3.63, 3.8) is 0 Å². The molecule has 0 radical (unpaired) electrons. The standard InChI is InChI=1S/C15H18N2/c16-12-15-6-8-17(9-7-15)11-14(15)10-13-4-2-1-3-5-13/h1-5,14H,6-11H2. The van der Waals surface area contributed by atoms with Crippen LogP contribution in [0.25, 0.3) is 0 Å². The van der Waals surface area contributed by atoms with Gasteiger partial charge in [0.1, 0.15) is 0 Å². The number of benzene rings is 1. The van der Waals surface area contributed by atoms with E-state index in [0.29, 0.717) is 5.92 Å². The Balaban J connectivity index is 1.81. The average Bonchev–Trinajstić information content (AvgIpc) is 2.41. The summed E-state index contributed by atoms with van der Waals surface area (Å²) in [5.41, 5.74) is 1.34. The molecule has 3 fully saturated rings. The van der Waals surface area contributed by atoms with Crippen LogP contribution >= 0.6 is 0 Å². The molecule has 2 heteroatoms. The molecule has 1 aromatic carbocycles. The summed E-state index contributed by atoms with van der Waals surface area (Å²) in [6, 6.07) is 13.3. The van der Waals surface area contributed by atoms with Gasteiger partial charge in [0, 0.05) is 6.54 Å². The third-order valence-electron chi connectivity index (χ3n) is 4.56. The normalized spacial score (nSPS) is 35.5. The van der Waals surface area contributed by atoms with E-state index in [4.69, 9.17) is 0 Å². The van der Waals surface area contributed by atoms with Crippen LogP contribution in [0.1, 0.15) is 18.4 Å². The van der Waals surface area contributed by atoms with E-state index >= 15 is 0 Å². The van der Waals surface area contributed by atoms with Crippen LogP contribution < -0.4 is 0 Å². The van der Waals surface area contributed by atoms with Crippen molar-refractivity contribution in [3.05, 3.63) is 35.9 Å². The van der Waals surface area contributed by atoms with Crippen LogP contribution in [-0.4, -0.2) is 24.5 Å². The third kappa shape index (κ3) is 1.85. The fourth-order valence-corrected chi connectivity index (χ4v) is 3.39. The Morgan fingerprint density at radius 2 is 1.94 bits per heavy atom. The lowest BCUT2D eigenvalue weighted by Gasteiger charge is -2.50. The number of nitriles is 1. The molecule has 17 heavy (non-hydrogen) atoms. The molecule has 4 rings (SSSR count). The molecule has 0 spiro atoms. The molecule has 0 aromatic heterocycles. The summed E-state index contributed by atoms with van der Waals surface area (Å²) in [6.45, 7) is 3.36. The van der Waals surface area contributed by atoms with E-state index in [2.05, 4.69) is 41.3 Å². The molecule has 3 saturated heterocycles. The van der Waals surface area contributed by atoms with Gasteiger partial charge in [0.2, 0.25) is 0 Å². The van der Waals surface area contributed by atoms with Crippen molar-refractivity contribution in [2.24, 2.45) is 11.3 Å². The van der Waals surface area contributed by atoms with Crippen molar-refractivity contribution in [2.75, 3.05) is 19.6 Å². The first kappa shape index (κ1) is 10.8. The number of hydrogen-bond donors (Lipinski definition) is 0. The summed E-state index contributed by atoms with van der Waals surface area (Å²) in [4.78, 5) is 2.52. The van der Waals surface area contributed by atoms with Crippen molar-refractivity contribution in [1.82, 2.24) is 4.90 Å². The van der Waals surface area contributed by atoms with E-state index in [0.717, 1.165) is 38.9 Å². The second-order valence-electron chi connectivity index (χ2n) is 5.46. The molecule has 2 nitrogen and oxygen atoms in total. The van der Waals surface area contributed by atoms with Crippen LogP contribution in [0.15, 0.2) is 30.3 Å². The molecule has 1 unspecified atom stereocenters. The summed E-state index contributed by atoms with van der Waals surface area (Å²) in [6.07, 6.45) is 3.20. The highest BCUT2D eigenvalue weighted by molar-refractivity contribution is 5.19. The molecule has 3 aliphatic rings. The minimum absolute atomic E-state index is 0.0371. The van der Waals surface area contributed by atoms with Crippen molar-refractivity contribution >= 4 is 0 Å². The molecule has 1 aromatic rings. The monoisotopic (exact) mass is 226 g/mol. The van der Waals surface area contributed by atoms with Crippen molar-refractivity contribution in [2.45, 2.75) is 19.3 Å². The van der Waals surface area contributed by atoms with Crippen LogP contribution in [0.4, 0.5) is 0 Å². The third-order valence-corrected chi connectivity index (χ3v) is 4.56. The molecule has 0 N–H and O–H groups in total. The lowest BCUT2D eigenvalue weighted by molar-refractivity contribution is 0.00485. The van der Waals surface area contributed by atoms with Gasteiger partial charge < -0.3 is 4.90 Å². The average molecular weight is 226 g/mol. The molecule has 3 aliphatic heterocycles. The van der Waals surface area contributed by atoms with Crippen molar-refractivity contribution in [3.8, 4) is 6.07 Å². The van der Waals surface area contributed by atoms with Crippen LogP contribution in [0.2, 0.25) is 0 Å². The Hall–Kier alpha value is -1.33. The predicted molar refractivity (Wildman–Crippen MR) is 67.4 cm³/mol. The van der Waals surface area contributed by atoms with E-state index in [-0.39, 0.29) is 5.41 Å². The van der Waals surface area contributed by atoms with E-state index in [9.17, 15) is 5.26 Å². The molecular formula is C15H18N2. The predicted octanol–water partition coefficient (Wildman–Crippen LogP) is 2.46. The minimum atomic E-state index is -0.0371. The molecule has 0 saturated carbocycles. The van der Waals surface area contributed by atoms with E-state index in [1.807, 2.05) is 0 Å². The molecule has 2 bridgehead atoms. The Morgan fingerprint density at radius 1 is 1.24 bits per heavy atom. The molecule has 3 heterocycles. The minimum Gasteiger partial charge on any atom is -0.303 e. The van der Waals surface area contributed by atoms with Gasteiger partial charge in [-0.15, -0.1) is 0 Å². The Morgan fingerprint density at radius 3 is 2.59 bits per heavy atom. The fraction of sp³-hybridized carbons (Fsp3) is 0.533. The summed E-state index contributed by atoms with van der Waals surface area (Å²) in [5, 5.41) is 9.55. The Labute approximate surface area is 103 Å². The zero-order valence-electron chi connectivity index (χ0n) is 10.1. The van der Waals surface area contributed by atoms with Gasteiger partial charge in [-0.25, -0.2) is 0 Å². The van der Waals surface area contributed by atoms with Gasteiger partial charge in [-0.05, 0) is 43.8 Å². The van der Waals surface area contributed by atoms with Crippen LogP contribution in [0.3, 0.4) is 0 Å². The van der Waals surface area contributed by atoms with Crippen molar-refractivity contribution in [1.29, 1.82) is 5.26 Å². The van der Waals surface area contributed by atoms with Gasteiger partial charge in [0.25, 0.3) is 0 Å². The first-order valence-corrected chi connectivity index (χ1v) is 6.50. The Bertz CT molecular complexity index is 424. The van der Waals surface area contributed by atoms with E-state index < -0.39 is 0 Å². The highest BCUT2D eigenvalue weighted by Crippen LogP contribution is 2.45. The van der Waals surface area contributed by atoms with Crippen LogP contribution in [-0.2, 0) is 6.42 Å². The summed E-state index contributed by atoms with van der Waals surface area (Å²) in [5.74, 6) is 0.525. The lowest BCUT2D eigenvalue weighted by Crippen LogP contribution is -2.54. The molecule has 0 aliphatic carbocycles. The maximum atomic E-state index is 9.55. The molecular weight excluding hydrogens is 208 g/mol. The van der Waals surface area contributed by atoms with Crippen LogP contribution in [0.5, 0.6) is 0 Å². The molecule has 0 amide bonds. The van der Waals surface area contributed by atoms with Gasteiger partial charge in [-0.2, -0.15) is 5.26 Å². The number of rotatable bonds is 2. The van der Waals surface area contributed by atoms with E-state index in [1.165, 1.54) is 5.56 Å². The second-order valence-corrected chi connectivity index (χ2v) is 5.46. The van der Waals surface area contributed by atoms with Gasteiger partial charge in [0.05, 0.1) is 11.5 Å². The lowest BCUT2D eigenvalue weighted by atomic mass is 9.64. The quantitative estimate of drug-likeness (QED) is 0.774. The zero-order chi connectivity index (χ0) is 11.7. The number of nitrogens with zero attached hydrogens (tertiary/aromatic N) is 2. The SMILES string of the molecule is N#CC12CCN(CC1)CC2Cc1ccccc1. The van der Waals surface area contributed by atoms with Crippen LogP contribution in [0, 0.1) is 22.7 Å². The highest BCUT2D eigenvalue weighted by atomic mass is 15.2. The van der Waals surface area contributed by atoms with Gasteiger partial charge in [0.15, 0.2) is 0 Å². The van der Waals surface area contributed by atoms with Crippen molar-refractivity contribution < 1.29 is 0 Å². The number of hydrogen-bond acceptors (Lipinski definition) is 2. The zero-order valence-corrected chi connectivity index (χ0v) is 10.1. The summed E-state index contributed by atoms with van der Waals surface area (Å²) in [7, 11) is 0. The smallest absolute Gasteiger partial charge is 0.0694 e. The summed E-state index contributed by atoms with van der Waals surface area (Å²) < 4.78 is 0. The van der Waals surface area contributed by atoms with Gasteiger partial charge >= 0.3 is 0 Å². The fourth-order valence-electron chi connectivity index (χ4n) is 3.39. The number of piperidine rings is 3. The summed E-state index contributed by atoms with van der Waals surface area (Å²) >= 11 is 0. The second kappa shape index (κ2) is 4.16. The highest BCUT2D eigenvalue weighted by Gasteiger charge is 2.47. The first-order chi connectivity index (χ1) is 8.32. The molecule has 1 atom stereocenters. The Kier molecular flexibility index (Phi) is 2.64. The first-order valence-electron chi connectivity index (χ1n) is 6.50. The number of fused-ring (bicyclic) bond motifs is 3.